The van der Waals surface area contributed by atoms with E-state index in [1.807, 2.05) is 24.3 Å². The molecule has 0 spiro atoms. The van der Waals surface area contributed by atoms with Crippen molar-refractivity contribution in [2.75, 3.05) is 7.11 Å². The van der Waals surface area contributed by atoms with Crippen molar-refractivity contribution >= 4 is 0 Å². The van der Waals surface area contributed by atoms with Crippen molar-refractivity contribution in [1.29, 1.82) is 0 Å². The second kappa shape index (κ2) is 3.45. The van der Waals surface area contributed by atoms with Crippen LogP contribution in [0.3, 0.4) is 0 Å². The molecule has 0 aliphatic rings. The van der Waals surface area contributed by atoms with Crippen LogP contribution in [0.15, 0.2) is 24.3 Å². The molecule has 0 saturated carbocycles. The molecule has 72 valence electrons. The zero-order valence-electron chi connectivity index (χ0n) is 8.01. The summed E-state index contributed by atoms with van der Waals surface area (Å²) in [7, 11) is 3.43. The van der Waals surface area contributed by atoms with Crippen molar-refractivity contribution in [3.05, 3.63) is 24.3 Å². The molecule has 2 aromatic rings. The quantitative estimate of drug-likeness (QED) is 0.705. The topological polar surface area (TPSA) is 52.8 Å². The van der Waals surface area contributed by atoms with Crippen molar-refractivity contribution in [1.82, 2.24) is 20.2 Å². The summed E-state index contributed by atoms with van der Waals surface area (Å²) in [6.07, 6.45) is 0. The van der Waals surface area contributed by atoms with Crippen LogP contribution >= 0.6 is 0 Å². The van der Waals surface area contributed by atoms with Crippen LogP contribution in [-0.4, -0.2) is 27.3 Å². The molecule has 1 aromatic heterocycles. The van der Waals surface area contributed by atoms with Gasteiger partial charge in [-0.1, -0.05) is 12.1 Å². The lowest BCUT2D eigenvalue weighted by Gasteiger charge is -2.02. The second-order valence-electron chi connectivity index (χ2n) is 2.86. The van der Waals surface area contributed by atoms with Crippen molar-refractivity contribution in [3.8, 4) is 17.1 Å². The number of tetrazole rings is 1. The third-order valence-electron chi connectivity index (χ3n) is 1.95. The number of hydrogen-bond donors (Lipinski definition) is 0. The minimum Gasteiger partial charge on any atom is -0.497 e. The molecule has 0 N–H and O–H groups in total. The van der Waals surface area contributed by atoms with Crippen LogP contribution in [0, 0.1) is 0 Å². The van der Waals surface area contributed by atoms with Gasteiger partial charge in [-0.15, -0.1) is 5.10 Å². The minimum atomic E-state index is 0.726. The normalized spacial score (nSPS) is 10.1. The van der Waals surface area contributed by atoms with E-state index in [-0.39, 0.29) is 0 Å². The summed E-state index contributed by atoms with van der Waals surface area (Å²) in [6.45, 7) is 0. The molecule has 0 fully saturated rings. The summed E-state index contributed by atoms with van der Waals surface area (Å²) in [5.41, 5.74) is 0.942. The summed E-state index contributed by atoms with van der Waals surface area (Å²) in [4.78, 5) is 0. The zero-order chi connectivity index (χ0) is 9.97. The van der Waals surface area contributed by atoms with E-state index in [9.17, 15) is 0 Å². The maximum atomic E-state index is 5.11. The number of nitrogens with zero attached hydrogens (tertiary/aromatic N) is 4. The largest absolute Gasteiger partial charge is 0.497 e. The maximum absolute atomic E-state index is 5.11. The molecule has 1 heterocycles. The lowest BCUT2D eigenvalue weighted by Crippen LogP contribution is -1.94. The van der Waals surface area contributed by atoms with Crippen molar-refractivity contribution in [3.63, 3.8) is 0 Å². The van der Waals surface area contributed by atoms with Gasteiger partial charge in [0.25, 0.3) is 0 Å². The molecule has 0 radical (unpaired) electrons. The molecule has 14 heavy (non-hydrogen) atoms. The number of benzene rings is 1. The van der Waals surface area contributed by atoms with Gasteiger partial charge in [-0.25, -0.2) is 4.68 Å². The van der Waals surface area contributed by atoms with E-state index in [4.69, 9.17) is 4.74 Å². The predicted molar refractivity (Wildman–Crippen MR) is 50.8 cm³/mol. The van der Waals surface area contributed by atoms with Gasteiger partial charge in [0.1, 0.15) is 5.75 Å². The molecule has 0 atom stereocenters. The van der Waals surface area contributed by atoms with Crippen molar-refractivity contribution in [2.24, 2.45) is 7.05 Å². The van der Waals surface area contributed by atoms with E-state index in [0.717, 1.165) is 17.1 Å². The lowest BCUT2D eigenvalue weighted by molar-refractivity contribution is 0.415. The first-order valence-corrected chi connectivity index (χ1v) is 4.18. The van der Waals surface area contributed by atoms with Crippen LogP contribution in [0.5, 0.6) is 5.75 Å². The fourth-order valence-corrected chi connectivity index (χ4v) is 1.24. The number of methoxy groups -OCH3 is 1. The van der Waals surface area contributed by atoms with Gasteiger partial charge in [-0.2, -0.15) is 0 Å². The van der Waals surface area contributed by atoms with Crippen LogP contribution in [0.1, 0.15) is 0 Å². The number of ether oxygens (including phenoxy) is 1. The molecule has 2 rings (SSSR count). The van der Waals surface area contributed by atoms with Crippen LogP contribution in [0.25, 0.3) is 11.4 Å². The first kappa shape index (κ1) is 8.68. The Labute approximate surface area is 81.3 Å². The highest BCUT2D eigenvalue weighted by Crippen LogP contribution is 2.20. The Hall–Kier alpha value is -1.91. The molecule has 0 aliphatic carbocycles. The molecule has 0 aliphatic heterocycles. The van der Waals surface area contributed by atoms with Gasteiger partial charge in [0.15, 0.2) is 5.82 Å². The number of aryl methyl sites for hydroxylation is 1. The standard InChI is InChI=1S/C9H10N4O/c1-13-9(10-11-12-13)7-4-3-5-8(6-7)14-2/h3-6H,1-2H3. The molecular weight excluding hydrogens is 180 g/mol. The Balaban J connectivity index is 2.47. The molecule has 0 unspecified atom stereocenters. The number of rotatable bonds is 2. The minimum absolute atomic E-state index is 0.726. The van der Waals surface area contributed by atoms with E-state index in [2.05, 4.69) is 15.5 Å². The summed E-state index contributed by atoms with van der Waals surface area (Å²) in [6, 6.07) is 7.62. The SMILES string of the molecule is COc1cccc(-c2nnnn2C)c1. The van der Waals surface area contributed by atoms with Gasteiger partial charge in [-0.05, 0) is 22.6 Å². The molecule has 1 aromatic carbocycles. The zero-order valence-corrected chi connectivity index (χ0v) is 8.01. The van der Waals surface area contributed by atoms with E-state index in [1.54, 1.807) is 18.8 Å². The van der Waals surface area contributed by atoms with Gasteiger partial charge >= 0.3 is 0 Å². The molecule has 0 bridgehead atoms. The van der Waals surface area contributed by atoms with Gasteiger partial charge < -0.3 is 4.74 Å². The average Bonchev–Trinajstić information content (AvgIpc) is 2.65. The monoisotopic (exact) mass is 190 g/mol. The van der Waals surface area contributed by atoms with Crippen LogP contribution in [-0.2, 0) is 7.05 Å². The summed E-state index contributed by atoms with van der Waals surface area (Å²) < 4.78 is 6.73. The van der Waals surface area contributed by atoms with Crippen LogP contribution in [0.4, 0.5) is 0 Å². The second-order valence-corrected chi connectivity index (χ2v) is 2.86. The van der Waals surface area contributed by atoms with E-state index >= 15 is 0 Å². The molecular formula is C9H10N4O. The Morgan fingerprint density at radius 3 is 2.86 bits per heavy atom. The van der Waals surface area contributed by atoms with E-state index in [0.29, 0.717) is 0 Å². The average molecular weight is 190 g/mol. The highest BCUT2D eigenvalue weighted by Gasteiger charge is 2.05. The van der Waals surface area contributed by atoms with Crippen LogP contribution in [0.2, 0.25) is 0 Å². The molecule has 0 amide bonds. The third kappa shape index (κ3) is 1.44. The smallest absolute Gasteiger partial charge is 0.181 e. The Kier molecular flexibility index (Phi) is 2.14. The number of hydrogen-bond acceptors (Lipinski definition) is 4. The van der Waals surface area contributed by atoms with Crippen molar-refractivity contribution in [2.45, 2.75) is 0 Å². The van der Waals surface area contributed by atoms with Crippen molar-refractivity contribution < 1.29 is 4.74 Å². The van der Waals surface area contributed by atoms with Crippen LogP contribution < -0.4 is 4.74 Å². The van der Waals surface area contributed by atoms with Gasteiger partial charge in [-0.3, -0.25) is 0 Å². The first-order chi connectivity index (χ1) is 6.81. The summed E-state index contributed by atoms with van der Waals surface area (Å²) in [5, 5.41) is 11.2. The molecule has 0 saturated heterocycles. The fourth-order valence-electron chi connectivity index (χ4n) is 1.24. The third-order valence-corrected chi connectivity index (χ3v) is 1.95. The highest BCUT2D eigenvalue weighted by atomic mass is 16.5. The summed E-state index contributed by atoms with van der Waals surface area (Å²) in [5.74, 6) is 1.52. The molecule has 5 nitrogen and oxygen atoms in total. The molecule has 5 heteroatoms. The Bertz CT molecular complexity index is 438. The van der Waals surface area contributed by atoms with E-state index in [1.165, 1.54) is 0 Å². The lowest BCUT2D eigenvalue weighted by atomic mass is 10.2. The Morgan fingerprint density at radius 1 is 1.36 bits per heavy atom. The van der Waals surface area contributed by atoms with Gasteiger partial charge in [0.2, 0.25) is 0 Å². The predicted octanol–water partition coefficient (Wildman–Crippen LogP) is 0.886. The Morgan fingerprint density at radius 2 is 2.21 bits per heavy atom. The fraction of sp³-hybridized carbons (Fsp3) is 0.222. The van der Waals surface area contributed by atoms with E-state index < -0.39 is 0 Å². The van der Waals surface area contributed by atoms with Gasteiger partial charge in [0.05, 0.1) is 7.11 Å². The first-order valence-electron chi connectivity index (χ1n) is 4.18. The van der Waals surface area contributed by atoms with Gasteiger partial charge in [0, 0.05) is 12.6 Å². The number of aromatic nitrogens is 4. The maximum Gasteiger partial charge on any atom is 0.181 e. The highest BCUT2D eigenvalue weighted by molar-refractivity contribution is 5.56. The summed E-state index contributed by atoms with van der Waals surface area (Å²) >= 11 is 0.